The third-order valence-corrected chi connectivity index (χ3v) is 5.22. The van der Waals surface area contributed by atoms with E-state index in [1.54, 1.807) is 11.2 Å². The summed E-state index contributed by atoms with van der Waals surface area (Å²) in [7, 11) is -1.76. The van der Waals surface area contributed by atoms with Gasteiger partial charge in [0.05, 0.1) is 18.5 Å². The summed E-state index contributed by atoms with van der Waals surface area (Å²) in [5, 5.41) is 9.51. The predicted octanol–water partition coefficient (Wildman–Crippen LogP) is 0.978. The van der Waals surface area contributed by atoms with Crippen LogP contribution in [0.4, 0.5) is 0 Å². The second-order valence-electron chi connectivity index (χ2n) is 5.01. The lowest BCUT2D eigenvalue weighted by atomic mass is 10.1. The summed E-state index contributed by atoms with van der Waals surface area (Å²) in [4.78, 5) is 0. The number of methoxy groups -OCH3 is 1. The summed E-state index contributed by atoms with van der Waals surface area (Å²) in [6.45, 7) is 2.51. The zero-order valence-corrected chi connectivity index (χ0v) is 12.2. The summed E-state index contributed by atoms with van der Waals surface area (Å²) in [5.41, 5.74) is 0. The predicted molar refractivity (Wildman–Crippen MR) is 70.9 cm³/mol. The van der Waals surface area contributed by atoms with E-state index in [0.29, 0.717) is 13.0 Å². The smallest absolute Gasteiger partial charge is 0.216 e. The zero-order valence-electron chi connectivity index (χ0n) is 11.3. The highest BCUT2D eigenvalue weighted by atomic mass is 32.2. The van der Waals surface area contributed by atoms with Gasteiger partial charge in [-0.1, -0.05) is 12.8 Å². The van der Waals surface area contributed by atoms with Gasteiger partial charge in [0.25, 0.3) is 0 Å². The minimum Gasteiger partial charge on any atom is -0.393 e. The van der Waals surface area contributed by atoms with E-state index in [0.717, 1.165) is 25.7 Å². The maximum Gasteiger partial charge on any atom is 0.216 e. The van der Waals surface area contributed by atoms with Crippen LogP contribution < -0.4 is 0 Å². The van der Waals surface area contributed by atoms with E-state index in [1.807, 2.05) is 0 Å². The summed E-state index contributed by atoms with van der Waals surface area (Å²) in [6.07, 6.45) is 3.90. The molecular weight excluding hydrogens is 254 g/mol. The van der Waals surface area contributed by atoms with Gasteiger partial charge in [-0.3, -0.25) is 0 Å². The Balaban J connectivity index is 2.77. The van der Waals surface area contributed by atoms with Crippen molar-refractivity contribution >= 4 is 10.0 Å². The largest absolute Gasteiger partial charge is 0.393 e. The Kier molecular flexibility index (Phi) is 6.55. The fraction of sp³-hybridized carbons (Fsp3) is 1.00. The lowest BCUT2D eigenvalue weighted by Gasteiger charge is -2.29. The van der Waals surface area contributed by atoms with Gasteiger partial charge in [-0.05, 0) is 26.2 Å². The molecule has 1 aliphatic rings. The Morgan fingerprint density at radius 3 is 2.72 bits per heavy atom. The van der Waals surface area contributed by atoms with E-state index < -0.39 is 16.1 Å². The van der Waals surface area contributed by atoms with Crippen molar-refractivity contribution in [1.82, 2.24) is 4.31 Å². The Morgan fingerprint density at radius 2 is 2.11 bits per heavy atom. The first-order valence-corrected chi connectivity index (χ1v) is 8.25. The van der Waals surface area contributed by atoms with Crippen molar-refractivity contribution in [3.63, 3.8) is 0 Å². The van der Waals surface area contributed by atoms with Gasteiger partial charge in [0.1, 0.15) is 0 Å². The van der Waals surface area contributed by atoms with Crippen molar-refractivity contribution in [1.29, 1.82) is 0 Å². The Morgan fingerprint density at radius 1 is 1.39 bits per heavy atom. The van der Waals surface area contributed by atoms with E-state index in [2.05, 4.69) is 0 Å². The van der Waals surface area contributed by atoms with Gasteiger partial charge in [0, 0.05) is 19.7 Å². The van der Waals surface area contributed by atoms with Crippen molar-refractivity contribution in [3.05, 3.63) is 0 Å². The number of ether oxygens (including phenoxy) is 1. The highest BCUT2D eigenvalue weighted by Gasteiger charge is 2.31. The average Bonchev–Trinajstić information content (AvgIpc) is 2.51. The quantitative estimate of drug-likeness (QED) is 0.787. The lowest BCUT2D eigenvalue weighted by Crippen LogP contribution is -2.43. The fourth-order valence-electron chi connectivity index (χ4n) is 2.45. The van der Waals surface area contributed by atoms with Gasteiger partial charge >= 0.3 is 0 Å². The molecule has 1 fully saturated rings. The van der Waals surface area contributed by atoms with Crippen LogP contribution in [0.5, 0.6) is 0 Å². The highest BCUT2D eigenvalue weighted by Crippen LogP contribution is 2.23. The summed E-state index contributed by atoms with van der Waals surface area (Å²) < 4.78 is 31.0. The number of sulfonamides is 1. The second-order valence-corrected chi connectivity index (χ2v) is 7.05. The molecule has 1 saturated heterocycles. The molecular formula is C12H25NO4S. The zero-order chi connectivity index (χ0) is 13.6. The Labute approximate surface area is 110 Å². The van der Waals surface area contributed by atoms with Gasteiger partial charge in [-0.2, -0.15) is 4.31 Å². The number of hydrogen-bond acceptors (Lipinski definition) is 4. The molecule has 2 unspecified atom stereocenters. The third-order valence-electron chi connectivity index (χ3n) is 3.34. The van der Waals surface area contributed by atoms with E-state index in [-0.39, 0.29) is 18.4 Å². The highest BCUT2D eigenvalue weighted by molar-refractivity contribution is 7.89. The van der Waals surface area contributed by atoms with Crippen LogP contribution in [0.2, 0.25) is 0 Å². The van der Waals surface area contributed by atoms with E-state index in [1.165, 1.54) is 7.11 Å². The molecule has 5 nitrogen and oxygen atoms in total. The minimum atomic E-state index is -3.27. The van der Waals surface area contributed by atoms with Gasteiger partial charge in [0.2, 0.25) is 10.0 Å². The summed E-state index contributed by atoms with van der Waals surface area (Å²) in [5.74, 6) is 0.0276. The van der Waals surface area contributed by atoms with E-state index in [9.17, 15) is 13.5 Å². The molecule has 0 amide bonds. The molecule has 0 saturated carbocycles. The van der Waals surface area contributed by atoms with Crippen LogP contribution in [-0.2, 0) is 14.8 Å². The molecule has 18 heavy (non-hydrogen) atoms. The van der Waals surface area contributed by atoms with Crippen LogP contribution >= 0.6 is 0 Å². The molecule has 0 radical (unpaired) electrons. The molecule has 0 bridgehead atoms. The van der Waals surface area contributed by atoms with Gasteiger partial charge in [0.15, 0.2) is 0 Å². The maximum atomic E-state index is 12.3. The molecule has 1 rings (SSSR count). The summed E-state index contributed by atoms with van der Waals surface area (Å²) in [6, 6.07) is -0.0608. The molecule has 0 aromatic heterocycles. The van der Waals surface area contributed by atoms with Crippen molar-refractivity contribution in [3.8, 4) is 0 Å². The second kappa shape index (κ2) is 7.43. The minimum absolute atomic E-state index is 0.0276. The topological polar surface area (TPSA) is 66.8 Å². The van der Waals surface area contributed by atoms with E-state index in [4.69, 9.17) is 4.74 Å². The molecule has 1 N–H and O–H groups in total. The molecule has 1 aliphatic heterocycles. The van der Waals surface area contributed by atoms with Crippen LogP contribution in [0.15, 0.2) is 0 Å². The third kappa shape index (κ3) is 4.84. The number of aliphatic hydroxyl groups excluding tert-OH is 1. The normalized spacial score (nSPS) is 24.7. The van der Waals surface area contributed by atoms with Gasteiger partial charge in [-0.15, -0.1) is 0 Å². The molecule has 6 heteroatoms. The number of aliphatic hydroxyl groups is 1. The van der Waals surface area contributed by atoms with Crippen LogP contribution in [0.1, 0.15) is 39.0 Å². The number of nitrogens with zero attached hydrogens (tertiary/aromatic N) is 1. The van der Waals surface area contributed by atoms with Crippen molar-refractivity contribution in [2.45, 2.75) is 51.2 Å². The molecule has 1 heterocycles. The van der Waals surface area contributed by atoms with Gasteiger partial charge < -0.3 is 9.84 Å². The SMILES string of the molecule is COCCS(=O)(=O)N1CCCCCC1CC(C)O. The lowest BCUT2D eigenvalue weighted by molar-refractivity contribution is 0.146. The number of hydrogen-bond donors (Lipinski definition) is 1. The maximum absolute atomic E-state index is 12.3. The first-order chi connectivity index (χ1) is 8.47. The van der Waals surface area contributed by atoms with Crippen molar-refractivity contribution in [2.24, 2.45) is 0 Å². The standard InChI is InChI=1S/C12H25NO4S/c1-11(14)10-12-6-4-3-5-7-13(12)18(15,16)9-8-17-2/h11-12,14H,3-10H2,1-2H3. The van der Waals surface area contributed by atoms with E-state index >= 15 is 0 Å². The van der Waals surface area contributed by atoms with Crippen LogP contribution in [0.3, 0.4) is 0 Å². The molecule has 108 valence electrons. The van der Waals surface area contributed by atoms with Crippen LogP contribution in [0, 0.1) is 0 Å². The molecule has 2 atom stereocenters. The molecule has 0 aliphatic carbocycles. The van der Waals surface area contributed by atoms with Crippen LogP contribution in [-0.4, -0.2) is 56.0 Å². The fourth-order valence-corrected chi connectivity index (χ4v) is 4.12. The Hall–Kier alpha value is -0.170. The monoisotopic (exact) mass is 279 g/mol. The van der Waals surface area contributed by atoms with Gasteiger partial charge in [-0.25, -0.2) is 8.42 Å². The van der Waals surface area contributed by atoms with Crippen molar-refractivity contribution in [2.75, 3.05) is 26.0 Å². The van der Waals surface area contributed by atoms with Crippen LogP contribution in [0.25, 0.3) is 0 Å². The number of rotatable bonds is 6. The first kappa shape index (κ1) is 15.9. The molecule has 0 aromatic rings. The summed E-state index contributed by atoms with van der Waals surface area (Å²) >= 11 is 0. The Bertz CT molecular complexity index is 329. The molecule has 0 spiro atoms. The first-order valence-electron chi connectivity index (χ1n) is 6.64. The molecule has 0 aromatic carbocycles. The van der Waals surface area contributed by atoms with Crippen molar-refractivity contribution < 1.29 is 18.3 Å². The average molecular weight is 279 g/mol.